The molecule has 3 N–H and O–H groups in total. The largest absolute Gasteiger partial charge is 0.485 e. The third-order valence-corrected chi connectivity index (χ3v) is 13.0. The van der Waals surface area contributed by atoms with Crippen molar-refractivity contribution in [2.75, 3.05) is 13.2 Å². The molecule has 2 amide bonds. The highest BCUT2D eigenvalue weighted by Crippen LogP contribution is 2.45. The zero-order chi connectivity index (χ0) is 43.2. The number of benzene rings is 4. The molecule has 4 aromatic rings. The van der Waals surface area contributed by atoms with Gasteiger partial charge in [0, 0.05) is 31.5 Å². The fraction of sp³-hybridized carbons (Fsp3) is 0.391. The summed E-state index contributed by atoms with van der Waals surface area (Å²) in [5.41, 5.74) is 2.59. The van der Waals surface area contributed by atoms with Crippen LogP contribution >= 0.6 is 0 Å². The fourth-order valence-electron chi connectivity index (χ4n) is 8.01. The number of likely N-dealkylation sites (tertiary alicyclic amines) is 1. The number of fused-ring (bicyclic) bond motifs is 2. The Morgan fingerprint density at radius 2 is 1.58 bits per heavy atom. The number of hydrogen-bond acceptors (Lipinski definition) is 10. The number of nitrogens with one attached hydrogen (secondary N) is 1. The van der Waals surface area contributed by atoms with Crippen molar-refractivity contribution in [3.05, 3.63) is 125 Å². The molecule has 0 spiro atoms. The Labute approximate surface area is 351 Å². The van der Waals surface area contributed by atoms with Crippen molar-refractivity contribution in [3.63, 3.8) is 0 Å². The van der Waals surface area contributed by atoms with Crippen LogP contribution in [0.15, 0.2) is 113 Å². The second-order valence-electron chi connectivity index (χ2n) is 15.8. The number of aryl methyl sites for hydroxylation is 1. The molecule has 1 saturated heterocycles. The molecule has 3 aliphatic heterocycles. The van der Waals surface area contributed by atoms with E-state index in [0.29, 0.717) is 37.1 Å². The summed E-state index contributed by atoms with van der Waals surface area (Å²) in [4.78, 5) is 53.4. The van der Waals surface area contributed by atoms with Crippen LogP contribution in [0.1, 0.15) is 75.3 Å². The van der Waals surface area contributed by atoms with Crippen LogP contribution < -0.4 is 10.1 Å². The molecule has 3 heterocycles. The fourth-order valence-corrected chi connectivity index (χ4v) is 9.33. The highest BCUT2D eigenvalue weighted by Gasteiger charge is 2.48. The van der Waals surface area contributed by atoms with Gasteiger partial charge in [0.15, 0.2) is 0 Å². The monoisotopic (exact) mass is 839 g/mol. The van der Waals surface area contributed by atoms with Gasteiger partial charge in [0.05, 0.1) is 28.5 Å². The summed E-state index contributed by atoms with van der Waals surface area (Å²) >= 11 is 0. The maximum atomic E-state index is 13.3. The van der Waals surface area contributed by atoms with E-state index in [1.807, 2.05) is 54.6 Å². The Morgan fingerprint density at radius 1 is 0.933 bits per heavy atom. The van der Waals surface area contributed by atoms with Crippen molar-refractivity contribution in [2.24, 2.45) is 0 Å². The van der Waals surface area contributed by atoms with Crippen molar-refractivity contribution < 1.29 is 47.3 Å². The van der Waals surface area contributed by atoms with E-state index < -0.39 is 57.6 Å². The summed E-state index contributed by atoms with van der Waals surface area (Å²) in [6.45, 7) is 7.94. The molecule has 5 atom stereocenters. The molecule has 2 unspecified atom stereocenters. The van der Waals surface area contributed by atoms with Crippen molar-refractivity contribution in [1.29, 1.82) is 0 Å². The predicted molar refractivity (Wildman–Crippen MR) is 223 cm³/mol. The number of rotatable bonds is 12. The van der Waals surface area contributed by atoms with E-state index in [4.69, 9.17) is 9.47 Å². The van der Waals surface area contributed by atoms with Gasteiger partial charge >= 0.3 is 11.9 Å². The van der Waals surface area contributed by atoms with Crippen molar-refractivity contribution in [2.45, 2.75) is 112 Å². The van der Waals surface area contributed by atoms with Crippen LogP contribution in [0.3, 0.4) is 0 Å². The number of carbonyl (C=O) groups excluding carboxylic acids is 3. The first-order valence-electron chi connectivity index (χ1n) is 20.3. The molecule has 14 heteroatoms. The van der Waals surface area contributed by atoms with Gasteiger partial charge in [0.25, 0.3) is 0 Å². The van der Waals surface area contributed by atoms with E-state index >= 15 is 0 Å². The number of aliphatic hydroxyl groups excluding tert-OH is 1. The van der Waals surface area contributed by atoms with E-state index in [9.17, 15) is 37.8 Å². The van der Waals surface area contributed by atoms with Crippen molar-refractivity contribution in [1.82, 2.24) is 15.1 Å². The molecule has 4 aromatic carbocycles. The SMILES string of the molecule is CC1(C)Oc2ccc(S(=O)(=O)c3ccccc3)cc2C(N2CCCC2=O)C1O.CCOC(=O)[C@H](CCc1ccccc1)N[C@@H](C)C(=O)N1Cc2ccccc2C[C@H]1C(=O)O. The maximum absolute atomic E-state index is 13.3. The molecule has 3 aliphatic rings. The number of hydrogen-bond donors (Lipinski definition) is 3. The van der Waals surface area contributed by atoms with Gasteiger partial charge in [-0.2, -0.15) is 0 Å². The smallest absolute Gasteiger partial charge is 0.326 e. The number of carboxylic acids is 1. The highest BCUT2D eigenvalue weighted by molar-refractivity contribution is 7.91. The number of carboxylic acid groups (broad SMARTS) is 1. The molecule has 0 saturated carbocycles. The molecule has 1 fully saturated rings. The van der Waals surface area contributed by atoms with Crippen LogP contribution in [-0.2, 0) is 53.1 Å². The Balaban J connectivity index is 0.000000203. The van der Waals surface area contributed by atoms with Crippen LogP contribution in [0.25, 0.3) is 0 Å². The summed E-state index contributed by atoms with van der Waals surface area (Å²) in [6.07, 6.45) is 1.55. The number of nitrogens with zero attached hydrogens (tertiary/aromatic N) is 2. The number of carbonyl (C=O) groups is 4. The van der Waals surface area contributed by atoms with Crippen LogP contribution in [0.4, 0.5) is 0 Å². The van der Waals surface area contributed by atoms with Gasteiger partial charge in [0.1, 0.15) is 29.5 Å². The summed E-state index contributed by atoms with van der Waals surface area (Å²) in [5, 5.41) is 23.8. The Bertz CT molecular complexity index is 2290. The van der Waals surface area contributed by atoms with Gasteiger partial charge in [-0.25, -0.2) is 13.2 Å². The minimum atomic E-state index is -3.72. The van der Waals surface area contributed by atoms with Crippen LogP contribution in [0.2, 0.25) is 0 Å². The second-order valence-corrected chi connectivity index (χ2v) is 17.8. The molecule has 0 aromatic heterocycles. The quantitative estimate of drug-likeness (QED) is 0.158. The summed E-state index contributed by atoms with van der Waals surface area (Å²) in [5.74, 6) is -1.34. The number of aliphatic carboxylic acids is 1. The lowest BCUT2D eigenvalue weighted by molar-refractivity contribution is -0.153. The van der Waals surface area contributed by atoms with Gasteiger partial charge in [-0.05, 0) is 94.0 Å². The summed E-state index contributed by atoms with van der Waals surface area (Å²) in [7, 11) is -3.72. The molecule has 0 bridgehead atoms. The van der Waals surface area contributed by atoms with E-state index in [0.717, 1.165) is 23.1 Å². The second kappa shape index (κ2) is 18.8. The first kappa shape index (κ1) is 44.0. The summed E-state index contributed by atoms with van der Waals surface area (Å²) < 4.78 is 37.2. The Morgan fingerprint density at radius 3 is 2.22 bits per heavy atom. The van der Waals surface area contributed by atoms with E-state index in [-0.39, 0.29) is 41.2 Å². The maximum Gasteiger partial charge on any atom is 0.326 e. The molecule has 0 aliphatic carbocycles. The van der Waals surface area contributed by atoms with Crippen LogP contribution in [0, 0.1) is 0 Å². The first-order valence-corrected chi connectivity index (χ1v) is 21.8. The third-order valence-electron chi connectivity index (χ3n) is 11.3. The van der Waals surface area contributed by atoms with Crippen molar-refractivity contribution in [3.8, 4) is 5.75 Å². The van der Waals surface area contributed by atoms with E-state index in [1.54, 1.807) is 69.0 Å². The Kier molecular flexibility index (Phi) is 13.8. The Hall–Kier alpha value is -5.57. The average molecular weight is 840 g/mol. The highest BCUT2D eigenvalue weighted by atomic mass is 32.2. The normalized spacial score (nSPS) is 20.4. The molecule has 13 nitrogen and oxygen atoms in total. The van der Waals surface area contributed by atoms with Gasteiger partial charge in [-0.3, -0.25) is 19.7 Å². The van der Waals surface area contributed by atoms with Crippen molar-refractivity contribution >= 4 is 33.6 Å². The van der Waals surface area contributed by atoms with Crippen LogP contribution in [0.5, 0.6) is 5.75 Å². The number of aliphatic hydroxyl groups is 1. The molecule has 0 radical (unpaired) electrons. The molecule has 60 heavy (non-hydrogen) atoms. The van der Waals surface area contributed by atoms with Gasteiger partial charge in [-0.1, -0.05) is 72.8 Å². The molecule has 7 rings (SSSR count). The number of esters is 1. The van der Waals surface area contributed by atoms with E-state index in [2.05, 4.69) is 5.32 Å². The lowest BCUT2D eigenvalue weighted by Crippen LogP contribution is -2.56. The lowest BCUT2D eigenvalue weighted by Gasteiger charge is -2.45. The molecular formula is C46H53N3O10S. The number of amides is 2. The zero-order valence-electron chi connectivity index (χ0n) is 34.3. The minimum absolute atomic E-state index is 0.0379. The molecular weight excluding hydrogens is 787 g/mol. The number of sulfone groups is 1. The van der Waals surface area contributed by atoms with Gasteiger partial charge < -0.3 is 29.5 Å². The summed E-state index contributed by atoms with van der Waals surface area (Å²) in [6, 6.07) is 27.2. The average Bonchev–Trinajstić information content (AvgIpc) is 3.67. The first-order chi connectivity index (χ1) is 28.6. The predicted octanol–water partition coefficient (Wildman–Crippen LogP) is 5.28. The topological polar surface area (TPSA) is 180 Å². The molecule has 318 valence electrons. The lowest BCUT2D eigenvalue weighted by atomic mass is 9.85. The van der Waals surface area contributed by atoms with Gasteiger partial charge in [-0.15, -0.1) is 0 Å². The van der Waals surface area contributed by atoms with Crippen LogP contribution in [-0.4, -0.2) is 95.2 Å². The standard InChI is InChI=1S/C25H30N2O5.C21H23NO5S/c1-3-32-25(31)21(14-13-18-9-5-4-6-10-18)26-17(2)23(28)27-16-20-12-8-7-11-19(20)15-22(27)24(29)30;1-21(2)20(24)19(22-12-6-9-18(22)23)16-13-15(10-11-17(16)27-21)28(25,26)14-7-4-3-5-8-14/h4-12,17,21-22,26H,3,13-16H2,1-2H3,(H,29,30);3-5,7-8,10-11,13,19-20,24H,6,9,12H2,1-2H3/t17-,21-,22-;/m0./s1. The third kappa shape index (κ3) is 9.72. The minimum Gasteiger partial charge on any atom is -0.485 e. The number of ether oxygens (including phenoxy) is 2. The zero-order valence-corrected chi connectivity index (χ0v) is 35.1. The van der Waals surface area contributed by atoms with E-state index in [1.165, 1.54) is 17.0 Å². The van der Waals surface area contributed by atoms with Gasteiger partial charge in [0.2, 0.25) is 21.7 Å².